The first-order valence-corrected chi connectivity index (χ1v) is 10.2. The Morgan fingerprint density at radius 2 is 1.83 bits per heavy atom. The molecule has 1 heterocycles. The monoisotopic (exact) mass is 404 g/mol. The van der Waals surface area contributed by atoms with Gasteiger partial charge >= 0.3 is 11.9 Å². The maximum atomic E-state index is 12.4. The number of aliphatic carboxylic acids is 1. The lowest BCUT2D eigenvalue weighted by atomic mass is 9.79. The van der Waals surface area contributed by atoms with Crippen LogP contribution in [0.2, 0.25) is 0 Å². The van der Waals surface area contributed by atoms with Gasteiger partial charge in [0.1, 0.15) is 6.61 Å². The van der Waals surface area contributed by atoms with Gasteiger partial charge in [-0.25, -0.2) is 4.79 Å². The molecule has 1 saturated heterocycles. The summed E-state index contributed by atoms with van der Waals surface area (Å²) in [7, 11) is 0. The standard InChI is InChI=1S/C22H32N2O5/c1-15-16(2)20(14-29-22(28)18-9-5-4-6-10-18)24(12-8-7-11-21(26)27)13-19(15)23-17(3)25/h4-6,9-10,15-16,19-20H,7-8,11-14H2,1-3H3,(H,23,25)(H,26,27). The summed E-state index contributed by atoms with van der Waals surface area (Å²) in [5.41, 5.74) is 0.521. The number of likely N-dealkylation sites (tertiary alicyclic amines) is 1. The molecule has 2 rings (SSSR count). The van der Waals surface area contributed by atoms with E-state index in [-0.39, 0.29) is 48.8 Å². The maximum absolute atomic E-state index is 12.4. The van der Waals surface area contributed by atoms with E-state index in [0.717, 1.165) is 6.42 Å². The van der Waals surface area contributed by atoms with Crippen molar-refractivity contribution < 1.29 is 24.2 Å². The quantitative estimate of drug-likeness (QED) is 0.485. The van der Waals surface area contributed by atoms with E-state index in [1.54, 1.807) is 24.3 Å². The van der Waals surface area contributed by atoms with Crippen molar-refractivity contribution in [3.8, 4) is 0 Å². The Kier molecular flexibility index (Phi) is 8.64. The van der Waals surface area contributed by atoms with Gasteiger partial charge in [0.05, 0.1) is 5.56 Å². The number of carboxylic acid groups (broad SMARTS) is 1. The Bertz CT molecular complexity index is 694. The number of rotatable bonds is 9. The molecule has 0 saturated carbocycles. The number of esters is 1. The highest BCUT2D eigenvalue weighted by atomic mass is 16.5. The predicted molar refractivity (Wildman–Crippen MR) is 110 cm³/mol. The highest BCUT2D eigenvalue weighted by molar-refractivity contribution is 5.89. The second kappa shape index (κ2) is 11.0. The summed E-state index contributed by atoms with van der Waals surface area (Å²) in [6, 6.07) is 8.94. The molecule has 1 aromatic carbocycles. The number of carbonyl (C=O) groups excluding carboxylic acids is 2. The number of amides is 1. The molecule has 0 bridgehead atoms. The van der Waals surface area contributed by atoms with Crippen LogP contribution in [0.25, 0.3) is 0 Å². The molecular formula is C22H32N2O5. The molecule has 7 heteroatoms. The first-order valence-electron chi connectivity index (χ1n) is 10.2. The van der Waals surface area contributed by atoms with E-state index in [9.17, 15) is 14.4 Å². The zero-order valence-electron chi connectivity index (χ0n) is 17.5. The van der Waals surface area contributed by atoms with E-state index in [1.165, 1.54) is 6.92 Å². The second-order valence-corrected chi connectivity index (χ2v) is 7.90. The third-order valence-corrected chi connectivity index (χ3v) is 5.84. The van der Waals surface area contributed by atoms with Crippen molar-refractivity contribution in [2.45, 2.75) is 52.1 Å². The normalized spacial score (nSPS) is 24.7. The fourth-order valence-corrected chi connectivity index (χ4v) is 3.97. The summed E-state index contributed by atoms with van der Waals surface area (Å²) >= 11 is 0. The molecule has 1 aliphatic heterocycles. The summed E-state index contributed by atoms with van der Waals surface area (Å²) < 4.78 is 5.62. The van der Waals surface area contributed by atoms with E-state index in [1.807, 2.05) is 6.07 Å². The van der Waals surface area contributed by atoms with Gasteiger partial charge in [0, 0.05) is 32.0 Å². The lowest BCUT2D eigenvalue weighted by Crippen LogP contribution is -2.60. The van der Waals surface area contributed by atoms with Crippen LogP contribution in [-0.2, 0) is 14.3 Å². The third-order valence-electron chi connectivity index (χ3n) is 5.84. The van der Waals surface area contributed by atoms with Crippen LogP contribution >= 0.6 is 0 Å². The van der Waals surface area contributed by atoms with Crippen molar-refractivity contribution in [3.05, 3.63) is 35.9 Å². The number of unbranched alkanes of at least 4 members (excludes halogenated alkanes) is 1. The molecule has 4 atom stereocenters. The van der Waals surface area contributed by atoms with E-state index < -0.39 is 5.97 Å². The molecule has 1 fully saturated rings. The fraction of sp³-hybridized carbons (Fsp3) is 0.591. The number of nitrogens with zero attached hydrogens (tertiary/aromatic N) is 1. The van der Waals surface area contributed by atoms with E-state index >= 15 is 0 Å². The van der Waals surface area contributed by atoms with Crippen LogP contribution in [0.4, 0.5) is 0 Å². The van der Waals surface area contributed by atoms with Gasteiger partial charge in [-0.05, 0) is 43.4 Å². The molecule has 2 N–H and O–H groups in total. The van der Waals surface area contributed by atoms with Gasteiger partial charge in [0.25, 0.3) is 0 Å². The highest BCUT2D eigenvalue weighted by Gasteiger charge is 2.39. The van der Waals surface area contributed by atoms with Crippen molar-refractivity contribution in [1.29, 1.82) is 0 Å². The topological polar surface area (TPSA) is 95.9 Å². The van der Waals surface area contributed by atoms with Gasteiger partial charge in [0.15, 0.2) is 0 Å². The Morgan fingerprint density at radius 1 is 1.14 bits per heavy atom. The minimum Gasteiger partial charge on any atom is -0.481 e. The molecule has 4 unspecified atom stereocenters. The van der Waals surface area contributed by atoms with Crippen LogP contribution in [0, 0.1) is 11.8 Å². The zero-order valence-corrected chi connectivity index (χ0v) is 17.5. The maximum Gasteiger partial charge on any atom is 0.338 e. The number of benzene rings is 1. The lowest BCUT2D eigenvalue weighted by molar-refractivity contribution is -0.137. The Hall–Kier alpha value is -2.41. The van der Waals surface area contributed by atoms with Gasteiger partial charge < -0.3 is 15.2 Å². The molecule has 1 aliphatic rings. The summed E-state index contributed by atoms with van der Waals surface area (Å²) in [6.45, 7) is 7.37. The second-order valence-electron chi connectivity index (χ2n) is 7.90. The van der Waals surface area contributed by atoms with Crippen molar-refractivity contribution in [2.24, 2.45) is 11.8 Å². The summed E-state index contributed by atoms with van der Waals surface area (Å²) in [5, 5.41) is 11.9. The van der Waals surface area contributed by atoms with E-state index in [0.29, 0.717) is 25.1 Å². The number of carbonyl (C=O) groups is 3. The van der Waals surface area contributed by atoms with Crippen LogP contribution in [-0.4, -0.2) is 59.6 Å². The van der Waals surface area contributed by atoms with Crippen molar-refractivity contribution in [3.63, 3.8) is 0 Å². The van der Waals surface area contributed by atoms with Crippen LogP contribution in [0.3, 0.4) is 0 Å². The molecule has 1 amide bonds. The average molecular weight is 405 g/mol. The minimum absolute atomic E-state index is 0.0167. The number of piperidine rings is 1. The van der Waals surface area contributed by atoms with Gasteiger partial charge in [-0.3, -0.25) is 14.5 Å². The first kappa shape index (κ1) is 22.9. The average Bonchev–Trinajstić information content (AvgIpc) is 2.68. The molecule has 0 radical (unpaired) electrons. The zero-order chi connectivity index (χ0) is 21.4. The first-order chi connectivity index (χ1) is 13.8. The Balaban J connectivity index is 2.04. The molecule has 29 heavy (non-hydrogen) atoms. The Labute approximate surface area is 172 Å². The molecule has 0 aliphatic carbocycles. The lowest BCUT2D eigenvalue weighted by Gasteiger charge is -2.47. The summed E-state index contributed by atoms with van der Waals surface area (Å²) in [5.74, 6) is -0.776. The van der Waals surface area contributed by atoms with Gasteiger partial charge in [-0.1, -0.05) is 32.0 Å². The largest absolute Gasteiger partial charge is 0.481 e. The number of carboxylic acids is 1. The van der Waals surface area contributed by atoms with Gasteiger partial charge in [-0.15, -0.1) is 0 Å². The van der Waals surface area contributed by atoms with Gasteiger partial charge in [0.2, 0.25) is 5.91 Å². The summed E-state index contributed by atoms with van der Waals surface area (Å²) in [4.78, 5) is 37.0. The smallest absolute Gasteiger partial charge is 0.338 e. The highest BCUT2D eigenvalue weighted by Crippen LogP contribution is 2.30. The molecule has 7 nitrogen and oxygen atoms in total. The van der Waals surface area contributed by atoms with Crippen molar-refractivity contribution >= 4 is 17.8 Å². The molecule has 160 valence electrons. The number of hydrogen-bond acceptors (Lipinski definition) is 5. The number of nitrogens with one attached hydrogen (secondary N) is 1. The van der Waals surface area contributed by atoms with Crippen LogP contribution in [0.1, 0.15) is 50.4 Å². The number of hydrogen-bond donors (Lipinski definition) is 2. The van der Waals surface area contributed by atoms with Crippen molar-refractivity contribution in [1.82, 2.24) is 10.2 Å². The van der Waals surface area contributed by atoms with Crippen LogP contribution < -0.4 is 5.32 Å². The SMILES string of the molecule is CC(=O)NC1CN(CCCCC(=O)O)C(COC(=O)c2ccccc2)C(C)C1C. The molecule has 0 aromatic heterocycles. The van der Waals surface area contributed by atoms with Crippen LogP contribution in [0.5, 0.6) is 0 Å². The fourth-order valence-electron chi connectivity index (χ4n) is 3.97. The van der Waals surface area contributed by atoms with Crippen molar-refractivity contribution in [2.75, 3.05) is 19.7 Å². The third kappa shape index (κ3) is 6.85. The van der Waals surface area contributed by atoms with E-state index in [2.05, 4.69) is 24.1 Å². The van der Waals surface area contributed by atoms with Gasteiger partial charge in [-0.2, -0.15) is 0 Å². The number of ether oxygens (including phenoxy) is 1. The Morgan fingerprint density at radius 3 is 2.45 bits per heavy atom. The molecule has 1 aromatic rings. The summed E-state index contributed by atoms with van der Waals surface area (Å²) in [6.07, 6.45) is 1.48. The predicted octanol–water partition coefficient (Wildman–Crippen LogP) is 2.56. The molecule has 0 spiro atoms. The molecular weight excluding hydrogens is 372 g/mol. The van der Waals surface area contributed by atoms with E-state index in [4.69, 9.17) is 9.84 Å². The minimum atomic E-state index is -0.796. The van der Waals surface area contributed by atoms with Crippen LogP contribution in [0.15, 0.2) is 30.3 Å².